The lowest BCUT2D eigenvalue weighted by Gasteiger charge is -2.24. The lowest BCUT2D eigenvalue weighted by atomic mass is 10.1. The summed E-state index contributed by atoms with van der Waals surface area (Å²) in [5.41, 5.74) is 2.10. The zero-order valence-corrected chi connectivity index (χ0v) is 17.4. The van der Waals surface area contributed by atoms with Gasteiger partial charge in [0.1, 0.15) is 11.8 Å². The number of benzene rings is 2. The van der Waals surface area contributed by atoms with Crippen LogP contribution in [0.25, 0.3) is 0 Å². The molecule has 2 aromatic rings. The van der Waals surface area contributed by atoms with Crippen molar-refractivity contribution in [3.05, 3.63) is 48.0 Å². The summed E-state index contributed by atoms with van der Waals surface area (Å²) >= 11 is 0. The predicted octanol–water partition coefficient (Wildman–Crippen LogP) is 2.37. The summed E-state index contributed by atoms with van der Waals surface area (Å²) in [4.78, 5) is 24.4. The van der Waals surface area contributed by atoms with Gasteiger partial charge in [-0.2, -0.15) is 4.31 Å². The Kier molecular flexibility index (Phi) is 5.48. The Morgan fingerprint density at radius 1 is 1.23 bits per heavy atom. The van der Waals surface area contributed by atoms with Gasteiger partial charge in [0.25, 0.3) is 5.91 Å². The van der Waals surface area contributed by atoms with Gasteiger partial charge in [0.05, 0.1) is 10.6 Å². The van der Waals surface area contributed by atoms with Crippen LogP contribution in [0.1, 0.15) is 25.3 Å². The number of ether oxygens (including phenoxy) is 1. The molecule has 1 atom stereocenters. The molecule has 4 rings (SSSR count). The summed E-state index contributed by atoms with van der Waals surface area (Å²) in [5, 5.41) is 5.44. The van der Waals surface area contributed by atoms with E-state index in [0.717, 1.165) is 12.0 Å². The number of hydrogen-bond acceptors (Lipinski definition) is 5. The Hall–Kier alpha value is -2.91. The van der Waals surface area contributed by atoms with Crippen molar-refractivity contribution in [2.75, 3.05) is 23.8 Å². The number of fused-ring (bicyclic) bond motifs is 1. The van der Waals surface area contributed by atoms with Crippen LogP contribution < -0.4 is 15.4 Å². The van der Waals surface area contributed by atoms with Crippen LogP contribution in [0.2, 0.25) is 0 Å². The van der Waals surface area contributed by atoms with Crippen LogP contribution in [0, 0.1) is 0 Å². The minimum Gasteiger partial charge on any atom is -0.482 e. The fourth-order valence-electron chi connectivity index (χ4n) is 3.70. The molecule has 1 saturated heterocycles. The quantitative estimate of drug-likeness (QED) is 0.759. The second kappa shape index (κ2) is 8.08. The molecule has 30 heavy (non-hydrogen) atoms. The zero-order chi connectivity index (χ0) is 21.3. The van der Waals surface area contributed by atoms with Crippen LogP contribution in [0.15, 0.2) is 47.4 Å². The number of carbonyl (C=O) groups excluding carboxylic acids is 2. The molecule has 2 aliphatic heterocycles. The highest BCUT2D eigenvalue weighted by Crippen LogP contribution is 2.33. The van der Waals surface area contributed by atoms with Gasteiger partial charge in [0, 0.05) is 12.2 Å². The van der Waals surface area contributed by atoms with Crippen molar-refractivity contribution in [3.63, 3.8) is 0 Å². The van der Waals surface area contributed by atoms with Crippen LogP contribution in [0.3, 0.4) is 0 Å². The highest BCUT2D eigenvalue weighted by Gasteiger charge is 2.39. The number of amides is 2. The van der Waals surface area contributed by atoms with Gasteiger partial charge >= 0.3 is 0 Å². The number of carbonyl (C=O) groups is 2. The average molecular weight is 429 g/mol. The number of anilines is 2. The number of rotatable bonds is 5. The molecule has 0 radical (unpaired) electrons. The lowest BCUT2D eigenvalue weighted by Crippen LogP contribution is -2.43. The number of aryl methyl sites for hydroxylation is 1. The second-order valence-electron chi connectivity index (χ2n) is 7.31. The monoisotopic (exact) mass is 429 g/mol. The predicted molar refractivity (Wildman–Crippen MR) is 112 cm³/mol. The van der Waals surface area contributed by atoms with E-state index in [-0.39, 0.29) is 29.9 Å². The van der Waals surface area contributed by atoms with E-state index in [0.29, 0.717) is 30.0 Å². The normalized spacial score (nSPS) is 19.0. The zero-order valence-electron chi connectivity index (χ0n) is 16.6. The Morgan fingerprint density at radius 3 is 2.73 bits per heavy atom. The molecule has 2 N–H and O–H groups in total. The fraction of sp³-hybridized carbons (Fsp3) is 0.333. The molecule has 2 heterocycles. The van der Waals surface area contributed by atoms with E-state index in [1.165, 1.54) is 22.5 Å². The summed E-state index contributed by atoms with van der Waals surface area (Å²) < 4.78 is 33.0. The molecule has 0 aliphatic carbocycles. The summed E-state index contributed by atoms with van der Waals surface area (Å²) in [6, 6.07) is 11.0. The Bertz CT molecular complexity index is 1080. The molecular formula is C21H23N3O5S. The van der Waals surface area contributed by atoms with Gasteiger partial charge in [-0.15, -0.1) is 0 Å². The van der Waals surface area contributed by atoms with Crippen LogP contribution in [0.4, 0.5) is 11.4 Å². The van der Waals surface area contributed by atoms with Crippen molar-refractivity contribution in [2.24, 2.45) is 0 Å². The van der Waals surface area contributed by atoms with Crippen LogP contribution >= 0.6 is 0 Å². The SMILES string of the molecule is CCc1ccc(NC(=O)[C@H]2CCCN2S(=O)(=O)c2ccc3c(c2)NC(=O)CO3)cc1. The van der Waals surface area contributed by atoms with Gasteiger partial charge in [-0.1, -0.05) is 19.1 Å². The first kappa shape index (κ1) is 20.4. The van der Waals surface area contributed by atoms with Crippen molar-refractivity contribution in [3.8, 4) is 5.75 Å². The van der Waals surface area contributed by atoms with Crippen molar-refractivity contribution < 1.29 is 22.7 Å². The van der Waals surface area contributed by atoms with Crippen molar-refractivity contribution in [1.82, 2.24) is 4.31 Å². The maximum Gasteiger partial charge on any atom is 0.262 e. The molecule has 2 aliphatic rings. The van der Waals surface area contributed by atoms with Gasteiger partial charge in [-0.3, -0.25) is 9.59 Å². The number of nitrogens with zero attached hydrogens (tertiary/aromatic N) is 1. The maximum absolute atomic E-state index is 13.2. The Labute approximate surface area is 175 Å². The molecule has 9 heteroatoms. The average Bonchev–Trinajstić information content (AvgIpc) is 3.25. The van der Waals surface area contributed by atoms with E-state index < -0.39 is 16.1 Å². The highest BCUT2D eigenvalue weighted by molar-refractivity contribution is 7.89. The second-order valence-corrected chi connectivity index (χ2v) is 9.20. The molecule has 1 fully saturated rings. The van der Waals surface area contributed by atoms with Gasteiger partial charge in [-0.05, 0) is 55.2 Å². The Balaban J connectivity index is 1.55. The lowest BCUT2D eigenvalue weighted by molar-refractivity contribution is -0.119. The number of sulfonamides is 1. The third kappa shape index (κ3) is 3.90. The first-order valence-corrected chi connectivity index (χ1v) is 11.3. The minimum atomic E-state index is -3.92. The topological polar surface area (TPSA) is 105 Å². The van der Waals surface area contributed by atoms with Crippen LogP contribution in [0.5, 0.6) is 5.75 Å². The molecule has 0 bridgehead atoms. The Morgan fingerprint density at radius 2 is 2.00 bits per heavy atom. The van der Waals surface area contributed by atoms with Crippen molar-refractivity contribution >= 4 is 33.2 Å². The smallest absolute Gasteiger partial charge is 0.262 e. The first-order valence-electron chi connectivity index (χ1n) is 9.87. The van der Waals surface area contributed by atoms with Gasteiger partial charge < -0.3 is 15.4 Å². The third-order valence-corrected chi connectivity index (χ3v) is 7.23. The molecule has 0 saturated carbocycles. The molecule has 0 aromatic heterocycles. The third-order valence-electron chi connectivity index (χ3n) is 5.33. The molecule has 2 aromatic carbocycles. The number of hydrogen-bond donors (Lipinski definition) is 2. The standard InChI is InChI=1S/C21H23N3O5S/c1-2-14-5-7-15(8-6-14)22-21(26)18-4-3-11-24(18)30(27,28)16-9-10-19-17(12-16)23-20(25)13-29-19/h5-10,12,18H,2-4,11,13H2,1H3,(H,22,26)(H,23,25)/t18-/m1/s1. The van der Waals surface area contributed by atoms with Gasteiger partial charge in [-0.25, -0.2) is 8.42 Å². The molecule has 8 nitrogen and oxygen atoms in total. The van der Waals surface area contributed by atoms with Crippen LogP contribution in [-0.4, -0.2) is 43.7 Å². The van der Waals surface area contributed by atoms with Crippen molar-refractivity contribution in [1.29, 1.82) is 0 Å². The minimum absolute atomic E-state index is 0.0130. The van der Waals surface area contributed by atoms with E-state index in [1.54, 1.807) is 0 Å². The fourth-order valence-corrected chi connectivity index (χ4v) is 5.38. The summed E-state index contributed by atoms with van der Waals surface area (Å²) in [5.74, 6) is -0.278. The summed E-state index contributed by atoms with van der Waals surface area (Å²) in [6.07, 6.45) is 1.94. The van der Waals surface area contributed by atoms with Crippen molar-refractivity contribution in [2.45, 2.75) is 37.1 Å². The van der Waals surface area contributed by atoms with Gasteiger partial charge in [0.2, 0.25) is 15.9 Å². The number of nitrogens with one attached hydrogen (secondary N) is 2. The molecule has 0 spiro atoms. The van der Waals surface area contributed by atoms with E-state index in [2.05, 4.69) is 10.6 Å². The highest BCUT2D eigenvalue weighted by atomic mass is 32.2. The van der Waals surface area contributed by atoms with Gasteiger partial charge in [0.15, 0.2) is 6.61 Å². The molecule has 2 amide bonds. The van der Waals surface area contributed by atoms with E-state index >= 15 is 0 Å². The maximum atomic E-state index is 13.2. The van der Waals surface area contributed by atoms with E-state index in [9.17, 15) is 18.0 Å². The summed E-state index contributed by atoms with van der Waals surface area (Å²) in [7, 11) is -3.92. The first-order chi connectivity index (χ1) is 14.4. The molecular weight excluding hydrogens is 406 g/mol. The van der Waals surface area contributed by atoms with E-state index in [1.807, 2.05) is 31.2 Å². The van der Waals surface area contributed by atoms with E-state index in [4.69, 9.17) is 4.74 Å². The molecule has 0 unspecified atom stereocenters. The molecule has 158 valence electrons. The summed E-state index contributed by atoms with van der Waals surface area (Å²) in [6.45, 7) is 2.20. The van der Waals surface area contributed by atoms with Crippen LogP contribution in [-0.2, 0) is 26.0 Å². The largest absolute Gasteiger partial charge is 0.482 e.